The number of nitrogens with one attached hydrogen (secondary N) is 1. The van der Waals surface area contributed by atoms with Gasteiger partial charge in [-0.3, -0.25) is 19.8 Å². The Morgan fingerprint density at radius 2 is 2.05 bits per heavy atom. The van der Waals surface area contributed by atoms with Crippen molar-refractivity contribution in [3.8, 4) is 0 Å². The summed E-state index contributed by atoms with van der Waals surface area (Å²) in [6.45, 7) is 0. The Labute approximate surface area is 118 Å². The molecule has 2 rings (SSSR count). The van der Waals surface area contributed by atoms with Crippen molar-refractivity contribution in [3.05, 3.63) is 52.6 Å². The number of benzene rings is 1. The lowest BCUT2D eigenvalue weighted by Crippen LogP contribution is -2.16. The molecule has 10 heteroatoms. The van der Waals surface area contributed by atoms with E-state index in [0.29, 0.717) is 0 Å². The van der Waals surface area contributed by atoms with E-state index in [1.807, 2.05) is 4.72 Å². The summed E-state index contributed by atoms with van der Waals surface area (Å²) in [7, 11) is -4.27. The molecule has 3 N–H and O–H groups in total. The first-order chi connectivity index (χ1) is 9.81. The van der Waals surface area contributed by atoms with Crippen LogP contribution in [0.15, 0.2) is 41.6 Å². The number of nitro benzene ring substituents is 1. The molecular formula is C11H9FN4O4S. The molecule has 2 aromatic rings. The third-order valence-corrected chi connectivity index (χ3v) is 3.94. The highest BCUT2D eigenvalue weighted by atomic mass is 32.2. The number of non-ortho nitro benzene ring substituents is 1. The van der Waals surface area contributed by atoms with Gasteiger partial charge >= 0.3 is 0 Å². The minimum Gasteiger partial charge on any atom is -0.398 e. The molecule has 0 bridgehead atoms. The van der Waals surface area contributed by atoms with Crippen LogP contribution in [0, 0.1) is 15.9 Å². The minimum atomic E-state index is -4.27. The fraction of sp³-hybridized carbons (Fsp3) is 0. The molecular weight excluding hydrogens is 303 g/mol. The maximum atomic E-state index is 13.4. The molecule has 0 radical (unpaired) electrons. The first-order valence-electron chi connectivity index (χ1n) is 5.47. The second-order valence-electron chi connectivity index (χ2n) is 3.94. The van der Waals surface area contributed by atoms with E-state index in [9.17, 15) is 22.9 Å². The summed E-state index contributed by atoms with van der Waals surface area (Å²) in [5.74, 6) is -0.884. The Balaban J connectivity index is 2.47. The number of halogens is 1. The zero-order chi connectivity index (χ0) is 15.6. The number of hydrogen-bond donors (Lipinski definition) is 2. The lowest BCUT2D eigenvalue weighted by Gasteiger charge is -2.10. The van der Waals surface area contributed by atoms with Crippen molar-refractivity contribution in [3.63, 3.8) is 0 Å². The molecule has 0 atom stereocenters. The molecule has 0 spiro atoms. The lowest BCUT2D eigenvalue weighted by molar-refractivity contribution is -0.385. The van der Waals surface area contributed by atoms with Crippen molar-refractivity contribution in [2.45, 2.75) is 4.90 Å². The molecule has 1 aromatic heterocycles. The number of nitrogens with two attached hydrogens (primary N) is 1. The smallest absolute Gasteiger partial charge is 0.270 e. The lowest BCUT2D eigenvalue weighted by atomic mass is 10.3. The monoisotopic (exact) mass is 312 g/mol. The van der Waals surface area contributed by atoms with E-state index in [4.69, 9.17) is 5.73 Å². The van der Waals surface area contributed by atoms with Gasteiger partial charge < -0.3 is 5.73 Å². The highest BCUT2D eigenvalue weighted by Gasteiger charge is 2.22. The van der Waals surface area contributed by atoms with Crippen LogP contribution in [0.2, 0.25) is 0 Å². The van der Waals surface area contributed by atoms with Crippen molar-refractivity contribution in [1.82, 2.24) is 4.98 Å². The minimum absolute atomic E-state index is 0.192. The van der Waals surface area contributed by atoms with E-state index in [0.717, 1.165) is 30.5 Å². The van der Waals surface area contributed by atoms with Crippen LogP contribution in [0.3, 0.4) is 0 Å². The standard InChI is InChI=1S/C11H9FN4O4S/c12-8-6-14-4-3-10(8)15-21(19,20)11-5-7(16(17)18)1-2-9(11)13/h1-6H,13H2,(H,14,15). The Morgan fingerprint density at radius 3 is 2.67 bits per heavy atom. The van der Waals surface area contributed by atoms with E-state index < -0.39 is 31.3 Å². The number of rotatable bonds is 4. The van der Waals surface area contributed by atoms with Gasteiger partial charge in [-0.15, -0.1) is 0 Å². The Hall–Kier alpha value is -2.75. The number of nitrogen functional groups attached to an aromatic ring is 1. The van der Waals surface area contributed by atoms with Gasteiger partial charge in [0.15, 0.2) is 5.82 Å². The van der Waals surface area contributed by atoms with E-state index in [1.54, 1.807) is 0 Å². The second-order valence-corrected chi connectivity index (χ2v) is 5.59. The third kappa shape index (κ3) is 3.05. The maximum absolute atomic E-state index is 13.4. The highest BCUT2D eigenvalue weighted by molar-refractivity contribution is 7.92. The predicted molar refractivity (Wildman–Crippen MR) is 72.5 cm³/mol. The van der Waals surface area contributed by atoms with Crippen LogP contribution < -0.4 is 10.5 Å². The SMILES string of the molecule is Nc1ccc([N+](=O)[O-])cc1S(=O)(=O)Nc1ccncc1F. The van der Waals surface area contributed by atoms with Crippen molar-refractivity contribution in [1.29, 1.82) is 0 Å². The highest BCUT2D eigenvalue weighted by Crippen LogP contribution is 2.26. The van der Waals surface area contributed by atoms with Gasteiger partial charge in [0.05, 0.1) is 22.5 Å². The van der Waals surface area contributed by atoms with E-state index in [2.05, 4.69) is 4.98 Å². The van der Waals surface area contributed by atoms with Crippen molar-refractivity contribution >= 4 is 27.1 Å². The van der Waals surface area contributed by atoms with E-state index in [-0.39, 0.29) is 11.4 Å². The predicted octanol–water partition coefficient (Wildman–Crippen LogP) is 1.51. The van der Waals surface area contributed by atoms with Crippen LogP contribution in [0.25, 0.3) is 0 Å². The van der Waals surface area contributed by atoms with Gasteiger partial charge in [-0.2, -0.15) is 0 Å². The summed E-state index contributed by atoms with van der Waals surface area (Å²) < 4.78 is 39.7. The Bertz CT molecular complexity index is 810. The summed E-state index contributed by atoms with van der Waals surface area (Å²) in [6, 6.07) is 4.08. The normalized spacial score (nSPS) is 11.1. The molecule has 0 saturated heterocycles. The number of anilines is 2. The molecule has 0 amide bonds. The Morgan fingerprint density at radius 1 is 1.33 bits per heavy atom. The average molecular weight is 312 g/mol. The van der Waals surface area contributed by atoms with Gasteiger partial charge in [0, 0.05) is 18.3 Å². The first kappa shape index (κ1) is 14.7. The quantitative estimate of drug-likeness (QED) is 0.500. The van der Waals surface area contributed by atoms with Crippen LogP contribution in [-0.2, 0) is 10.0 Å². The van der Waals surface area contributed by atoms with Crippen LogP contribution in [0.1, 0.15) is 0 Å². The van der Waals surface area contributed by atoms with Crippen LogP contribution in [0.4, 0.5) is 21.5 Å². The fourth-order valence-corrected chi connectivity index (χ4v) is 2.75. The number of nitrogens with zero attached hydrogens (tertiary/aromatic N) is 2. The first-order valence-corrected chi connectivity index (χ1v) is 6.96. The number of sulfonamides is 1. The van der Waals surface area contributed by atoms with E-state index in [1.165, 1.54) is 6.20 Å². The molecule has 0 aliphatic rings. The summed E-state index contributed by atoms with van der Waals surface area (Å²) in [4.78, 5) is 12.9. The topological polar surface area (TPSA) is 128 Å². The van der Waals surface area contributed by atoms with Crippen LogP contribution in [0.5, 0.6) is 0 Å². The molecule has 0 unspecified atom stereocenters. The van der Waals surface area contributed by atoms with Crippen LogP contribution in [-0.4, -0.2) is 18.3 Å². The van der Waals surface area contributed by atoms with Gasteiger partial charge in [0.2, 0.25) is 0 Å². The Kier molecular flexibility index (Phi) is 3.72. The molecule has 110 valence electrons. The number of hydrogen-bond acceptors (Lipinski definition) is 6. The van der Waals surface area contributed by atoms with Gasteiger partial charge in [0.25, 0.3) is 15.7 Å². The molecule has 1 heterocycles. The van der Waals surface area contributed by atoms with Crippen LogP contribution >= 0.6 is 0 Å². The van der Waals surface area contributed by atoms with Gasteiger partial charge in [-0.05, 0) is 12.1 Å². The molecule has 8 nitrogen and oxygen atoms in total. The zero-order valence-corrected chi connectivity index (χ0v) is 11.2. The maximum Gasteiger partial charge on any atom is 0.270 e. The van der Waals surface area contributed by atoms with Crippen molar-refractivity contribution in [2.24, 2.45) is 0 Å². The average Bonchev–Trinajstić information content (AvgIpc) is 2.41. The summed E-state index contributed by atoms with van der Waals surface area (Å²) >= 11 is 0. The second kappa shape index (κ2) is 5.32. The molecule has 0 aliphatic carbocycles. The number of nitro groups is 1. The molecule has 21 heavy (non-hydrogen) atoms. The summed E-state index contributed by atoms with van der Waals surface area (Å²) in [5, 5.41) is 10.7. The molecule has 0 fully saturated rings. The number of aromatic nitrogens is 1. The largest absolute Gasteiger partial charge is 0.398 e. The van der Waals surface area contributed by atoms with Crippen molar-refractivity contribution < 1.29 is 17.7 Å². The summed E-state index contributed by atoms with van der Waals surface area (Å²) in [5.41, 5.74) is 4.55. The van der Waals surface area contributed by atoms with E-state index >= 15 is 0 Å². The molecule has 1 aromatic carbocycles. The third-order valence-electron chi connectivity index (χ3n) is 2.51. The molecule has 0 aliphatic heterocycles. The van der Waals surface area contributed by atoms with Gasteiger partial charge in [0.1, 0.15) is 4.90 Å². The fourth-order valence-electron chi connectivity index (χ4n) is 1.53. The summed E-state index contributed by atoms with van der Waals surface area (Å²) in [6.07, 6.45) is 2.02. The van der Waals surface area contributed by atoms with Crippen molar-refractivity contribution in [2.75, 3.05) is 10.5 Å². The van der Waals surface area contributed by atoms with Gasteiger partial charge in [-0.1, -0.05) is 0 Å². The van der Waals surface area contributed by atoms with Gasteiger partial charge in [-0.25, -0.2) is 12.8 Å². The molecule has 0 saturated carbocycles. The zero-order valence-electron chi connectivity index (χ0n) is 10.4. The number of pyridine rings is 1.